The van der Waals surface area contributed by atoms with Gasteiger partial charge >= 0.3 is 6.36 Å². The second-order valence-electron chi connectivity index (χ2n) is 4.57. The topological polar surface area (TPSA) is 77.2 Å². The highest BCUT2D eigenvalue weighted by molar-refractivity contribution is 7.98. The van der Waals surface area contributed by atoms with Crippen LogP contribution < -0.4 is 15.8 Å². The highest BCUT2D eigenvalue weighted by Crippen LogP contribution is 2.31. The van der Waals surface area contributed by atoms with Gasteiger partial charge in [0.25, 0.3) is 0 Å². The number of nitrogens with zero attached hydrogens (tertiary/aromatic N) is 1. The molecule has 1 unspecified atom stereocenters. The van der Waals surface area contributed by atoms with Crippen LogP contribution in [0, 0.1) is 0 Å². The molecular weight excluding hydrogens is 387 g/mol. The molecule has 11 heteroatoms. The Hall–Kier alpha value is -1.23. The molecular formula is C13H15ClF3N3O2S2. The van der Waals surface area contributed by atoms with Crippen molar-refractivity contribution in [2.24, 2.45) is 5.73 Å². The van der Waals surface area contributed by atoms with Gasteiger partial charge in [0.05, 0.1) is 16.3 Å². The lowest BCUT2D eigenvalue weighted by atomic mass is 10.2. The third-order valence-corrected chi connectivity index (χ3v) is 4.37. The highest BCUT2D eigenvalue weighted by Gasteiger charge is 2.31. The summed E-state index contributed by atoms with van der Waals surface area (Å²) in [6.45, 7) is 0. The molecule has 134 valence electrons. The van der Waals surface area contributed by atoms with Gasteiger partial charge in [-0.3, -0.25) is 4.79 Å². The van der Waals surface area contributed by atoms with Crippen LogP contribution in [0.1, 0.15) is 6.42 Å². The van der Waals surface area contributed by atoms with Gasteiger partial charge < -0.3 is 15.8 Å². The number of halogens is 4. The molecule has 0 saturated carbocycles. The average molecular weight is 402 g/mol. The summed E-state index contributed by atoms with van der Waals surface area (Å²) in [5, 5.41) is 2.86. The van der Waals surface area contributed by atoms with Gasteiger partial charge in [-0.1, -0.05) is 11.3 Å². The Morgan fingerprint density at radius 3 is 2.83 bits per heavy atom. The number of hydrogen-bond acceptors (Lipinski definition) is 6. The van der Waals surface area contributed by atoms with Crippen molar-refractivity contribution < 1.29 is 22.7 Å². The van der Waals surface area contributed by atoms with E-state index in [1.165, 1.54) is 18.2 Å². The van der Waals surface area contributed by atoms with Crippen molar-refractivity contribution in [2.45, 2.75) is 18.8 Å². The largest absolute Gasteiger partial charge is 0.573 e. The summed E-state index contributed by atoms with van der Waals surface area (Å²) in [4.78, 5) is 16.0. The molecule has 0 radical (unpaired) electrons. The molecule has 24 heavy (non-hydrogen) atoms. The number of nitrogens with one attached hydrogen (secondary N) is 1. The highest BCUT2D eigenvalue weighted by atomic mass is 35.5. The number of fused-ring (bicyclic) bond motifs is 1. The van der Waals surface area contributed by atoms with Crippen molar-refractivity contribution in [3.63, 3.8) is 0 Å². The minimum atomic E-state index is -4.75. The molecule has 1 aromatic carbocycles. The van der Waals surface area contributed by atoms with Crippen LogP contribution in [-0.2, 0) is 4.79 Å². The van der Waals surface area contributed by atoms with E-state index in [-0.39, 0.29) is 29.2 Å². The molecule has 2 rings (SSSR count). The van der Waals surface area contributed by atoms with E-state index >= 15 is 0 Å². The Morgan fingerprint density at radius 2 is 2.21 bits per heavy atom. The summed E-state index contributed by atoms with van der Waals surface area (Å²) < 4.78 is 40.9. The third kappa shape index (κ3) is 6.00. The Bertz CT molecular complexity index is 697. The number of alkyl halides is 3. The predicted molar refractivity (Wildman–Crippen MR) is 93.2 cm³/mol. The van der Waals surface area contributed by atoms with Crippen molar-refractivity contribution in [1.82, 2.24) is 4.98 Å². The van der Waals surface area contributed by atoms with Gasteiger partial charge in [-0.2, -0.15) is 11.8 Å². The molecule has 0 aliphatic heterocycles. The van der Waals surface area contributed by atoms with Crippen LogP contribution in [0.2, 0.25) is 0 Å². The maximum Gasteiger partial charge on any atom is 0.573 e. The lowest BCUT2D eigenvalue weighted by Crippen LogP contribution is -2.36. The number of carbonyl (C=O) groups is 1. The Labute approximate surface area is 150 Å². The van der Waals surface area contributed by atoms with Gasteiger partial charge in [-0.05, 0) is 30.6 Å². The molecule has 3 N–H and O–H groups in total. The van der Waals surface area contributed by atoms with Crippen LogP contribution in [-0.4, -0.2) is 35.3 Å². The number of nitrogens with two attached hydrogens (primary N) is 1. The molecule has 1 atom stereocenters. The van der Waals surface area contributed by atoms with E-state index in [1.807, 2.05) is 6.26 Å². The second kappa shape index (κ2) is 8.75. The fourth-order valence-corrected chi connectivity index (χ4v) is 3.12. The Balaban J connectivity index is 0.00000288. The van der Waals surface area contributed by atoms with E-state index in [4.69, 9.17) is 5.73 Å². The standard InChI is InChI=1S/C13H14F3N3O2S2.ClH/c1-22-5-4-8(17)11(20)19-12-18-9-3-2-7(6-10(9)23-12)21-13(14,15)16;/h2-3,6,8H,4-5,17H2,1H3,(H,18,19,20);1H. The first-order valence-electron chi connectivity index (χ1n) is 6.50. The molecule has 0 bridgehead atoms. The lowest BCUT2D eigenvalue weighted by molar-refractivity contribution is -0.274. The van der Waals surface area contributed by atoms with Gasteiger partial charge in [0.15, 0.2) is 5.13 Å². The van der Waals surface area contributed by atoms with Gasteiger partial charge in [-0.25, -0.2) is 4.98 Å². The van der Waals surface area contributed by atoms with E-state index in [0.29, 0.717) is 16.6 Å². The van der Waals surface area contributed by atoms with Gasteiger partial charge in [-0.15, -0.1) is 25.6 Å². The number of anilines is 1. The third-order valence-electron chi connectivity index (χ3n) is 2.79. The quantitative estimate of drug-likeness (QED) is 0.772. The maximum absolute atomic E-state index is 12.2. The fourth-order valence-electron chi connectivity index (χ4n) is 1.73. The van der Waals surface area contributed by atoms with Crippen LogP contribution in [0.5, 0.6) is 5.75 Å². The number of benzene rings is 1. The number of rotatable bonds is 6. The van der Waals surface area contributed by atoms with Crippen LogP contribution in [0.25, 0.3) is 10.2 Å². The number of ether oxygens (including phenoxy) is 1. The molecule has 0 aliphatic rings. The van der Waals surface area contributed by atoms with Crippen molar-refractivity contribution in [3.8, 4) is 5.75 Å². The van der Waals surface area contributed by atoms with Crippen molar-refractivity contribution >= 4 is 56.8 Å². The van der Waals surface area contributed by atoms with Gasteiger partial charge in [0.2, 0.25) is 5.91 Å². The summed E-state index contributed by atoms with van der Waals surface area (Å²) in [6, 6.07) is 3.14. The summed E-state index contributed by atoms with van der Waals surface area (Å²) >= 11 is 2.64. The molecule has 0 aliphatic carbocycles. The molecule has 1 heterocycles. The molecule has 1 amide bonds. The minimum Gasteiger partial charge on any atom is -0.406 e. The first-order chi connectivity index (χ1) is 10.8. The fraction of sp³-hybridized carbons (Fsp3) is 0.385. The van der Waals surface area contributed by atoms with Crippen molar-refractivity contribution in [3.05, 3.63) is 18.2 Å². The lowest BCUT2D eigenvalue weighted by Gasteiger charge is -2.09. The number of carbonyl (C=O) groups excluding carboxylic acids is 1. The Morgan fingerprint density at radius 1 is 1.50 bits per heavy atom. The number of amides is 1. The molecule has 0 fully saturated rings. The number of thiazole rings is 1. The molecule has 0 spiro atoms. The van der Waals surface area contributed by atoms with Crippen LogP contribution in [0.3, 0.4) is 0 Å². The normalized spacial score (nSPS) is 12.5. The zero-order valence-electron chi connectivity index (χ0n) is 12.4. The molecule has 5 nitrogen and oxygen atoms in total. The number of thioether (sulfide) groups is 1. The SMILES string of the molecule is CSCCC(N)C(=O)Nc1nc2ccc(OC(F)(F)F)cc2s1.Cl. The minimum absolute atomic E-state index is 0. The monoisotopic (exact) mass is 401 g/mol. The first-order valence-corrected chi connectivity index (χ1v) is 8.71. The van der Waals surface area contributed by atoms with Crippen LogP contribution in [0.15, 0.2) is 18.2 Å². The van der Waals surface area contributed by atoms with E-state index in [1.54, 1.807) is 11.8 Å². The smallest absolute Gasteiger partial charge is 0.406 e. The average Bonchev–Trinajstić information content (AvgIpc) is 2.84. The summed E-state index contributed by atoms with van der Waals surface area (Å²) in [5.74, 6) is 0.0557. The van der Waals surface area contributed by atoms with Gasteiger partial charge in [0.1, 0.15) is 5.75 Å². The van der Waals surface area contributed by atoms with E-state index in [2.05, 4.69) is 15.0 Å². The van der Waals surface area contributed by atoms with Crippen LogP contribution >= 0.6 is 35.5 Å². The van der Waals surface area contributed by atoms with Gasteiger partial charge in [0, 0.05) is 6.07 Å². The predicted octanol–water partition coefficient (Wildman–Crippen LogP) is 3.64. The second-order valence-corrected chi connectivity index (χ2v) is 6.59. The molecule has 1 aromatic heterocycles. The molecule has 2 aromatic rings. The summed E-state index contributed by atoms with van der Waals surface area (Å²) in [7, 11) is 0. The zero-order chi connectivity index (χ0) is 17.0. The van der Waals surface area contributed by atoms with Crippen LogP contribution in [0.4, 0.5) is 18.3 Å². The maximum atomic E-state index is 12.2. The molecule has 0 saturated heterocycles. The summed E-state index contributed by atoms with van der Waals surface area (Å²) in [5.41, 5.74) is 6.22. The van der Waals surface area contributed by atoms with E-state index in [9.17, 15) is 18.0 Å². The Kier molecular flexibility index (Phi) is 7.58. The van der Waals surface area contributed by atoms with Crippen molar-refractivity contribution in [2.75, 3.05) is 17.3 Å². The number of aromatic nitrogens is 1. The zero-order valence-corrected chi connectivity index (χ0v) is 14.9. The van der Waals surface area contributed by atoms with E-state index < -0.39 is 12.4 Å². The van der Waals surface area contributed by atoms with Crippen molar-refractivity contribution in [1.29, 1.82) is 0 Å². The number of hydrogen-bond donors (Lipinski definition) is 2. The first kappa shape index (κ1) is 20.8. The summed E-state index contributed by atoms with van der Waals surface area (Å²) in [6.07, 6.45) is -2.31. The van der Waals surface area contributed by atoms with E-state index in [0.717, 1.165) is 17.1 Å².